The molecule has 5 rings (SSSR count). The predicted octanol–water partition coefficient (Wildman–Crippen LogP) is 5.51. The average Bonchev–Trinajstić information content (AvgIpc) is 3.25. The fourth-order valence-corrected chi connectivity index (χ4v) is 6.44. The Morgan fingerprint density at radius 3 is 2.91 bits per heavy atom. The van der Waals surface area contributed by atoms with E-state index in [1.807, 2.05) is 35.6 Å². The molecule has 4 aromatic rings. The van der Waals surface area contributed by atoms with Crippen molar-refractivity contribution in [3.63, 3.8) is 0 Å². The van der Waals surface area contributed by atoms with E-state index in [9.17, 15) is 10.1 Å². The number of benzene rings is 1. The van der Waals surface area contributed by atoms with Crippen molar-refractivity contribution in [1.82, 2.24) is 14.6 Å². The molecular formula is C24H23N5OS2. The van der Waals surface area contributed by atoms with Crippen molar-refractivity contribution < 1.29 is 4.79 Å². The number of carbonyl (C=O) groups excluding carboxylic acids is 1. The summed E-state index contributed by atoms with van der Waals surface area (Å²) in [5.41, 5.74) is 4.72. The van der Waals surface area contributed by atoms with Crippen molar-refractivity contribution in [3.8, 4) is 6.07 Å². The molecule has 1 N–H and O–H groups in total. The van der Waals surface area contributed by atoms with E-state index in [1.54, 1.807) is 11.3 Å². The number of aromatic nitrogens is 3. The van der Waals surface area contributed by atoms with E-state index < -0.39 is 5.25 Å². The number of aryl methyl sites for hydroxylation is 2. The lowest BCUT2D eigenvalue weighted by molar-refractivity contribution is -0.115. The molecule has 162 valence electrons. The minimum atomic E-state index is -0.393. The van der Waals surface area contributed by atoms with Crippen molar-refractivity contribution in [2.24, 2.45) is 0 Å². The summed E-state index contributed by atoms with van der Waals surface area (Å²) in [5, 5.41) is 23.6. The van der Waals surface area contributed by atoms with Crippen LogP contribution in [0.4, 0.5) is 5.00 Å². The van der Waals surface area contributed by atoms with Gasteiger partial charge >= 0.3 is 0 Å². The van der Waals surface area contributed by atoms with Gasteiger partial charge in [0.05, 0.1) is 16.3 Å². The van der Waals surface area contributed by atoms with Gasteiger partial charge in [-0.2, -0.15) is 5.26 Å². The quantitative estimate of drug-likeness (QED) is 0.320. The molecule has 1 amide bonds. The van der Waals surface area contributed by atoms with Crippen LogP contribution in [0.15, 0.2) is 35.5 Å². The van der Waals surface area contributed by atoms with Crippen molar-refractivity contribution in [2.75, 3.05) is 5.32 Å². The molecule has 0 bridgehead atoms. The Kier molecular flexibility index (Phi) is 5.62. The van der Waals surface area contributed by atoms with Gasteiger partial charge in [0.1, 0.15) is 11.1 Å². The Morgan fingerprint density at radius 2 is 2.06 bits per heavy atom. The number of nitriles is 1. The lowest BCUT2D eigenvalue weighted by Gasteiger charge is -2.12. The van der Waals surface area contributed by atoms with Gasteiger partial charge in [0.2, 0.25) is 5.91 Å². The fraction of sp³-hybridized carbons (Fsp3) is 0.333. The number of carbonyl (C=O) groups is 1. The average molecular weight is 462 g/mol. The second-order valence-electron chi connectivity index (χ2n) is 8.15. The van der Waals surface area contributed by atoms with E-state index in [0.29, 0.717) is 15.7 Å². The molecule has 3 aromatic heterocycles. The minimum absolute atomic E-state index is 0.129. The van der Waals surface area contributed by atoms with Crippen LogP contribution >= 0.6 is 23.1 Å². The highest BCUT2D eigenvalue weighted by atomic mass is 32.2. The zero-order valence-electron chi connectivity index (χ0n) is 18.0. The maximum atomic E-state index is 13.0. The molecule has 0 saturated heterocycles. The van der Waals surface area contributed by atoms with Gasteiger partial charge in [-0.25, -0.2) is 0 Å². The molecule has 0 saturated carbocycles. The third kappa shape index (κ3) is 3.65. The van der Waals surface area contributed by atoms with E-state index in [-0.39, 0.29) is 5.91 Å². The van der Waals surface area contributed by atoms with Crippen molar-refractivity contribution in [1.29, 1.82) is 5.26 Å². The van der Waals surface area contributed by atoms with Gasteiger partial charge < -0.3 is 5.32 Å². The molecule has 1 aromatic carbocycles. The summed E-state index contributed by atoms with van der Waals surface area (Å²) >= 11 is 2.94. The number of pyridine rings is 1. The summed E-state index contributed by atoms with van der Waals surface area (Å²) < 4.78 is 2.00. The standard InChI is InChI=1S/C24H23N5OS2/c1-14-12-21-27-28-24(29(21)19-10-7-6-8-16(14)19)31-15(2)22(30)26-23-18(13-25)17-9-4-3-5-11-20(17)32-23/h6-8,10,12,15H,3-5,9,11H2,1-2H3,(H,26,30). The first-order valence-electron chi connectivity index (χ1n) is 10.8. The Morgan fingerprint density at radius 1 is 1.25 bits per heavy atom. The zero-order chi connectivity index (χ0) is 22.2. The zero-order valence-corrected chi connectivity index (χ0v) is 19.6. The SMILES string of the molecule is Cc1cc2nnc(SC(C)C(=O)Nc3sc4c(c3C#N)CCCCC4)n2c2ccccc12. The molecule has 0 spiro atoms. The summed E-state index contributed by atoms with van der Waals surface area (Å²) in [4.78, 5) is 14.3. The summed E-state index contributed by atoms with van der Waals surface area (Å²) in [7, 11) is 0. The molecule has 1 aliphatic carbocycles. The van der Waals surface area contributed by atoms with Gasteiger partial charge in [-0.3, -0.25) is 9.20 Å². The number of hydrogen-bond donors (Lipinski definition) is 1. The highest BCUT2D eigenvalue weighted by Crippen LogP contribution is 2.37. The number of thiophene rings is 1. The third-order valence-electron chi connectivity index (χ3n) is 6.00. The number of thioether (sulfide) groups is 1. The molecule has 0 radical (unpaired) electrons. The van der Waals surface area contributed by atoms with Crippen molar-refractivity contribution in [3.05, 3.63) is 51.9 Å². The van der Waals surface area contributed by atoms with Crippen LogP contribution in [-0.4, -0.2) is 25.8 Å². The van der Waals surface area contributed by atoms with Gasteiger partial charge in [0.15, 0.2) is 10.8 Å². The molecule has 1 aliphatic rings. The molecule has 1 atom stereocenters. The maximum Gasteiger partial charge on any atom is 0.238 e. The Labute approximate surface area is 194 Å². The largest absolute Gasteiger partial charge is 0.316 e. The number of para-hydroxylation sites is 1. The van der Waals surface area contributed by atoms with Gasteiger partial charge in [-0.15, -0.1) is 21.5 Å². The number of rotatable bonds is 4. The summed E-state index contributed by atoms with van der Waals surface area (Å²) in [5.74, 6) is -0.129. The highest BCUT2D eigenvalue weighted by molar-refractivity contribution is 8.00. The molecule has 1 unspecified atom stereocenters. The van der Waals surface area contributed by atoms with Gasteiger partial charge in [0, 0.05) is 10.3 Å². The van der Waals surface area contributed by atoms with E-state index in [1.165, 1.54) is 23.1 Å². The van der Waals surface area contributed by atoms with Crippen LogP contribution in [0.2, 0.25) is 0 Å². The highest BCUT2D eigenvalue weighted by Gasteiger charge is 2.24. The van der Waals surface area contributed by atoms with Crippen LogP contribution in [0.3, 0.4) is 0 Å². The van der Waals surface area contributed by atoms with E-state index in [2.05, 4.69) is 34.6 Å². The summed E-state index contributed by atoms with van der Waals surface area (Å²) in [6, 6.07) is 12.5. The van der Waals surface area contributed by atoms with Crippen LogP contribution in [0.25, 0.3) is 16.6 Å². The maximum absolute atomic E-state index is 13.0. The number of fused-ring (bicyclic) bond motifs is 4. The first-order chi connectivity index (χ1) is 15.6. The molecular weight excluding hydrogens is 438 g/mol. The summed E-state index contributed by atoms with van der Waals surface area (Å²) in [6.07, 6.45) is 5.36. The van der Waals surface area contributed by atoms with Crippen LogP contribution in [0.1, 0.15) is 47.8 Å². The van der Waals surface area contributed by atoms with Crippen LogP contribution in [0, 0.1) is 18.3 Å². The Hall–Kier alpha value is -2.89. The fourth-order valence-electron chi connectivity index (χ4n) is 4.33. The second kappa shape index (κ2) is 8.57. The normalized spacial score (nSPS) is 14.7. The first-order valence-corrected chi connectivity index (χ1v) is 12.5. The molecule has 8 heteroatoms. The molecule has 0 aliphatic heterocycles. The Bertz CT molecular complexity index is 1380. The van der Waals surface area contributed by atoms with Gasteiger partial charge in [-0.05, 0) is 62.8 Å². The predicted molar refractivity (Wildman–Crippen MR) is 129 cm³/mol. The van der Waals surface area contributed by atoms with E-state index in [4.69, 9.17) is 0 Å². The van der Waals surface area contributed by atoms with Crippen LogP contribution in [0.5, 0.6) is 0 Å². The van der Waals surface area contributed by atoms with Crippen molar-refractivity contribution in [2.45, 2.75) is 56.4 Å². The molecule has 6 nitrogen and oxygen atoms in total. The number of hydrogen-bond acceptors (Lipinski definition) is 6. The lowest BCUT2D eigenvalue weighted by Crippen LogP contribution is -2.22. The molecule has 32 heavy (non-hydrogen) atoms. The molecule has 0 fully saturated rings. The Balaban J connectivity index is 1.41. The third-order valence-corrected chi connectivity index (χ3v) is 8.24. The molecule has 3 heterocycles. The van der Waals surface area contributed by atoms with E-state index >= 15 is 0 Å². The second-order valence-corrected chi connectivity index (χ2v) is 10.6. The van der Waals surface area contributed by atoms with E-state index in [0.717, 1.165) is 53.4 Å². The topological polar surface area (TPSA) is 83.1 Å². The van der Waals surface area contributed by atoms with Gasteiger partial charge in [-0.1, -0.05) is 36.4 Å². The minimum Gasteiger partial charge on any atom is -0.316 e. The summed E-state index contributed by atoms with van der Waals surface area (Å²) in [6.45, 7) is 3.93. The number of nitrogens with one attached hydrogen (secondary N) is 1. The monoisotopic (exact) mass is 461 g/mol. The number of anilines is 1. The lowest BCUT2D eigenvalue weighted by atomic mass is 10.1. The number of nitrogens with zero attached hydrogens (tertiary/aromatic N) is 4. The number of amides is 1. The van der Waals surface area contributed by atoms with Crippen LogP contribution < -0.4 is 5.32 Å². The smallest absolute Gasteiger partial charge is 0.238 e. The first kappa shape index (κ1) is 21.0. The van der Waals surface area contributed by atoms with Crippen LogP contribution in [-0.2, 0) is 17.6 Å². The van der Waals surface area contributed by atoms with Crippen molar-refractivity contribution >= 4 is 50.6 Å². The van der Waals surface area contributed by atoms with Gasteiger partial charge in [0.25, 0.3) is 0 Å².